The topological polar surface area (TPSA) is 62.7 Å². The van der Waals surface area contributed by atoms with Gasteiger partial charge in [-0.25, -0.2) is 4.98 Å². The van der Waals surface area contributed by atoms with Crippen LogP contribution in [0.25, 0.3) is 11.1 Å². The second-order valence-corrected chi connectivity index (χ2v) is 3.98. The first kappa shape index (κ1) is 11.2. The fraction of sp³-hybridized carbons (Fsp3) is 0.143. The molecule has 1 aromatic carbocycles. The SMILES string of the molecule is Cc1ccccc1-c1cc(C#N)c(N)nc1C. The van der Waals surface area contributed by atoms with Crippen LogP contribution in [-0.4, -0.2) is 4.98 Å². The molecule has 1 aromatic heterocycles. The standard InChI is InChI=1S/C14H13N3/c1-9-5-3-4-6-12(9)13-7-11(8-15)14(16)17-10(13)2/h3-7H,1-2H3,(H2,16,17). The van der Waals surface area contributed by atoms with Crippen molar-refractivity contribution in [1.29, 1.82) is 5.26 Å². The molecule has 1 heterocycles. The maximum absolute atomic E-state index is 8.98. The van der Waals surface area contributed by atoms with Crippen LogP contribution < -0.4 is 5.73 Å². The van der Waals surface area contributed by atoms with Gasteiger partial charge in [-0.1, -0.05) is 24.3 Å². The third kappa shape index (κ3) is 1.98. The first-order valence-corrected chi connectivity index (χ1v) is 5.36. The van der Waals surface area contributed by atoms with Crippen molar-refractivity contribution in [1.82, 2.24) is 4.98 Å². The highest BCUT2D eigenvalue weighted by atomic mass is 14.8. The minimum atomic E-state index is 0.294. The van der Waals surface area contributed by atoms with E-state index in [4.69, 9.17) is 11.0 Å². The quantitative estimate of drug-likeness (QED) is 0.808. The van der Waals surface area contributed by atoms with Gasteiger partial charge in [0.15, 0.2) is 0 Å². The first-order valence-electron chi connectivity index (χ1n) is 5.36. The summed E-state index contributed by atoms with van der Waals surface area (Å²) in [6, 6.07) is 11.9. The van der Waals surface area contributed by atoms with E-state index in [0.29, 0.717) is 11.4 Å². The highest BCUT2D eigenvalue weighted by Gasteiger charge is 2.09. The van der Waals surface area contributed by atoms with Crippen LogP contribution in [0.1, 0.15) is 16.8 Å². The van der Waals surface area contributed by atoms with E-state index in [1.165, 1.54) is 0 Å². The minimum absolute atomic E-state index is 0.294. The van der Waals surface area contributed by atoms with Crippen LogP contribution in [0, 0.1) is 25.2 Å². The molecule has 2 N–H and O–H groups in total. The van der Waals surface area contributed by atoms with Gasteiger partial charge in [0.25, 0.3) is 0 Å². The van der Waals surface area contributed by atoms with E-state index in [1.54, 1.807) is 6.07 Å². The van der Waals surface area contributed by atoms with Gasteiger partial charge >= 0.3 is 0 Å². The molecular weight excluding hydrogens is 210 g/mol. The maximum Gasteiger partial charge on any atom is 0.141 e. The fourth-order valence-electron chi connectivity index (χ4n) is 1.86. The summed E-state index contributed by atoms with van der Waals surface area (Å²) in [5.74, 6) is 0.294. The number of nitrogens with zero attached hydrogens (tertiary/aromatic N) is 2. The molecule has 0 bridgehead atoms. The van der Waals surface area contributed by atoms with E-state index >= 15 is 0 Å². The van der Waals surface area contributed by atoms with Crippen LogP contribution in [-0.2, 0) is 0 Å². The van der Waals surface area contributed by atoms with Crippen LogP contribution in [0.3, 0.4) is 0 Å². The number of aromatic nitrogens is 1. The lowest BCUT2D eigenvalue weighted by atomic mass is 9.98. The second kappa shape index (κ2) is 4.26. The summed E-state index contributed by atoms with van der Waals surface area (Å²) in [6.07, 6.45) is 0. The van der Waals surface area contributed by atoms with Crippen molar-refractivity contribution in [3.8, 4) is 17.2 Å². The largest absolute Gasteiger partial charge is 0.383 e. The maximum atomic E-state index is 8.98. The number of nitrogens with two attached hydrogens (primary N) is 1. The summed E-state index contributed by atoms with van der Waals surface area (Å²) in [5, 5.41) is 8.98. The third-order valence-electron chi connectivity index (χ3n) is 2.80. The normalized spacial score (nSPS) is 9.94. The molecule has 0 spiro atoms. The average molecular weight is 223 g/mol. The highest BCUT2D eigenvalue weighted by Crippen LogP contribution is 2.27. The summed E-state index contributed by atoms with van der Waals surface area (Å²) < 4.78 is 0. The zero-order valence-corrected chi connectivity index (χ0v) is 9.86. The Kier molecular flexibility index (Phi) is 2.80. The van der Waals surface area contributed by atoms with Crippen LogP contribution in [0.4, 0.5) is 5.82 Å². The van der Waals surface area contributed by atoms with E-state index in [9.17, 15) is 0 Å². The number of nitrogen functional groups attached to an aromatic ring is 1. The molecule has 0 saturated carbocycles. The Labute approximate surface area is 101 Å². The van der Waals surface area contributed by atoms with Gasteiger partial charge in [-0.2, -0.15) is 5.26 Å². The molecule has 0 radical (unpaired) electrons. The smallest absolute Gasteiger partial charge is 0.141 e. The molecule has 0 atom stereocenters. The monoisotopic (exact) mass is 223 g/mol. The zero-order chi connectivity index (χ0) is 12.4. The van der Waals surface area contributed by atoms with Crippen molar-refractivity contribution in [2.24, 2.45) is 0 Å². The van der Waals surface area contributed by atoms with Crippen LogP contribution >= 0.6 is 0 Å². The fourth-order valence-corrected chi connectivity index (χ4v) is 1.86. The highest BCUT2D eigenvalue weighted by molar-refractivity contribution is 5.72. The molecule has 0 fully saturated rings. The molecule has 0 saturated heterocycles. The molecule has 17 heavy (non-hydrogen) atoms. The van der Waals surface area contributed by atoms with Gasteiger partial charge in [0, 0.05) is 11.3 Å². The summed E-state index contributed by atoms with van der Waals surface area (Å²) in [6.45, 7) is 3.94. The zero-order valence-electron chi connectivity index (χ0n) is 9.86. The number of nitriles is 1. The molecule has 0 aliphatic carbocycles. The second-order valence-electron chi connectivity index (χ2n) is 3.98. The van der Waals surface area contributed by atoms with Crippen molar-refractivity contribution in [2.45, 2.75) is 13.8 Å². The predicted molar refractivity (Wildman–Crippen MR) is 68.3 cm³/mol. The lowest BCUT2D eigenvalue weighted by Gasteiger charge is -2.10. The van der Waals surface area contributed by atoms with Gasteiger partial charge in [-0.3, -0.25) is 0 Å². The van der Waals surface area contributed by atoms with Crippen molar-refractivity contribution < 1.29 is 0 Å². The van der Waals surface area contributed by atoms with Crippen molar-refractivity contribution >= 4 is 5.82 Å². The van der Waals surface area contributed by atoms with Gasteiger partial charge in [0.05, 0.1) is 5.56 Å². The van der Waals surface area contributed by atoms with Crippen molar-refractivity contribution in [3.05, 3.63) is 47.2 Å². The third-order valence-corrected chi connectivity index (χ3v) is 2.80. The summed E-state index contributed by atoms with van der Waals surface area (Å²) in [7, 11) is 0. The number of benzene rings is 1. The minimum Gasteiger partial charge on any atom is -0.383 e. The van der Waals surface area contributed by atoms with E-state index in [0.717, 1.165) is 22.4 Å². The molecular formula is C14H13N3. The molecule has 84 valence electrons. The van der Waals surface area contributed by atoms with Crippen molar-refractivity contribution in [2.75, 3.05) is 5.73 Å². The van der Waals surface area contributed by atoms with E-state index in [2.05, 4.69) is 11.1 Å². The molecule has 0 amide bonds. The molecule has 3 heteroatoms. The Bertz CT molecular complexity index is 609. The number of hydrogen-bond donors (Lipinski definition) is 1. The number of aryl methyl sites for hydroxylation is 2. The summed E-state index contributed by atoms with van der Waals surface area (Å²) in [5.41, 5.74) is 10.2. The van der Waals surface area contributed by atoms with Gasteiger partial charge < -0.3 is 5.73 Å². The van der Waals surface area contributed by atoms with Gasteiger partial charge in [0.1, 0.15) is 11.9 Å². The van der Waals surface area contributed by atoms with Crippen LogP contribution in [0.5, 0.6) is 0 Å². The van der Waals surface area contributed by atoms with Crippen LogP contribution in [0.15, 0.2) is 30.3 Å². The molecule has 0 aliphatic heterocycles. The summed E-state index contributed by atoms with van der Waals surface area (Å²) >= 11 is 0. The van der Waals surface area contributed by atoms with E-state index in [-0.39, 0.29) is 0 Å². The number of pyridine rings is 1. The Morgan fingerprint density at radius 3 is 2.53 bits per heavy atom. The van der Waals surface area contributed by atoms with Gasteiger partial charge in [0.2, 0.25) is 0 Å². The predicted octanol–water partition coefficient (Wildman–Crippen LogP) is 2.82. The lowest BCUT2D eigenvalue weighted by molar-refractivity contribution is 1.20. The van der Waals surface area contributed by atoms with Crippen LogP contribution in [0.2, 0.25) is 0 Å². The Balaban J connectivity index is 2.69. The molecule has 0 aliphatic rings. The average Bonchev–Trinajstić information content (AvgIpc) is 2.31. The number of rotatable bonds is 1. The Hall–Kier alpha value is -2.34. The first-order chi connectivity index (χ1) is 8.13. The Morgan fingerprint density at radius 1 is 1.18 bits per heavy atom. The number of anilines is 1. The van der Waals surface area contributed by atoms with Gasteiger partial charge in [-0.05, 0) is 31.0 Å². The van der Waals surface area contributed by atoms with E-state index < -0.39 is 0 Å². The molecule has 0 unspecified atom stereocenters. The van der Waals surface area contributed by atoms with E-state index in [1.807, 2.05) is 38.1 Å². The lowest BCUT2D eigenvalue weighted by Crippen LogP contribution is -1.99. The Morgan fingerprint density at radius 2 is 1.88 bits per heavy atom. The summed E-state index contributed by atoms with van der Waals surface area (Å²) in [4.78, 5) is 4.22. The molecule has 3 nitrogen and oxygen atoms in total. The van der Waals surface area contributed by atoms with Gasteiger partial charge in [-0.15, -0.1) is 0 Å². The molecule has 2 aromatic rings. The van der Waals surface area contributed by atoms with Crippen molar-refractivity contribution in [3.63, 3.8) is 0 Å². The molecule has 2 rings (SSSR count). The number of hydrogen-bond acceptors (Lipinski definition) is 3.